The van der Waals surface area contributed by atoms with Gasteiger partial charge in [0.1, 0.15) is 5.76 Å². The molecule has 0 bridgehead atoms. The van der Waals surface area contributed by atoms with E-state index in [0.29, 0.717) is 11.3 Å². The number of ketones is 1. The molecule has 1 aromatic rings. The van der Waals surface area contributed by atoms with Gasteiger partial charge in [-0.15, -0.1) is 0 Å². The van der Waals surface area contributed by atoms with E-state index in [9.17, 15) is 9.59 Å². The number of Topliss-reactive ketones (excluding diaryl/α,β-unsaturated/α-hetero) is 1. The summed E-state index contributed by atoms with van der Waals surface area (Å²) in [5, 5.41) is 0. The lowest BCUT2D eigenvalue weighted by Crippen LogP contribution is -2.34. The number of hydrogen-bond acceptors (Lipinski definition) is 4. The Labute approximate surface area is 118 Å². The average Bonchev–Trinajstić information content (AvgIpc) is 2.36. The molecule has 0 amide bonds. The third-order valence-electron chi connectivity index (χ3n) is 3.02. The molecular formula is C16H18O4. The van der Waals surface area contributed by atoms with E-state index in [4.69, 9.17) is 9.47 Å². The second kappa shape index (κ2) is 5.49. The van der Waals surface area contributed by atoms with Gasteiger partial charge in [-0.05, 0) is 12.0 Å². The maximum Gasteiger partial charge on any atom is 0.337 e. The monoisotopic (exact) mass is 274 g/mol. The van der Waals surface area contributed by atoms with E-state index in [1.165, 1.54) is 11.6 Å². The molecule has 0 aliphatic carbocycles. The van der Waals surface area contributed by atoms with Gasteiger partial charge in [-0.1, -0.05) is 31.2 Å². The second-order valence-corrected chi connectivity index (χ2v) is 5.18. The number of carbonyl (C=O) groups is 2. The van der Waals surface area contributed by atoms with Crippen LogP contribution in [-0.4, -0.2) is 17.5 Å². The van der Waals surface area contributed by atoms with Gasteiger partial charge in [0.2, 0.25) is 5.79 Å². The Bertz CT molecular complexity index is 552. The lowest BCUT2D eigenvalue weighted by atomic mass is 10.0. The zero-order valence-electron chi connectivity index (χ0n) is 11.9. The molecule has 0 atom stereocenters. The molecule has 106 valence electrons. The van der Waals surface area contributed by atoms with E-state index in [0.717, 1.165) is 6.42 Å². The summed E-state index contributed by atoms with van der Waals surface area (Å²) in [7, 11) is 0. The minimum atomic E-state index is -1.02. The lowest BCUT2D eigenvalue weighted by molar-refractivity contribution is -0.205. The fourth-order valence-electron chi connectivity index (χ4n) is 2.04. The van der Waals surface area contributed by atoms with E-state index in [1.54, 1.807) is 26.0 Å². The molecule has 0 aromatic heterocycles. The average molecular weight is 274 g/mol. The molecule has 1 heterocycles. The Morgan fingerprint density at radius 2 is 1.80 bits per heavy atom. The largest absolute Gasteiger partial charge is 0.456 e. The molecular weight excluding hydrogens is 256 g/mol. The fraction of sp³-hybridized carbons (Fsp3) is 0.375. The first-order valence-corrected chi connectivity index (χ1v) is 6.64. The van der Waals surface area contributed by atoms with Crippen molar-refractivity contribution in [1.82, 2.24) is 0 Å². The van der Waals surface area contributed by atoms with Crippen LogP contribution in [0, 0.1) is 0 Å². The number of ether oxygens (including phenoxy) is 2. The van der Waals surface area contributed by atoms with E-state index < -0.39 is 11.8 Å². The molecule has 0 spiro atoms. The maximum absolute atomic E-state index is 12.2. The molecule has 0 fully saturated rings. The minimum absolute atomic E-state index is 0.0595. The Kier molecular flexibility index (Phi) is 3.93. The lowest BCUT2D eigenvalue weighted by Gasteiger charge is -2.30. The number of benzene rings is 1. The van der Waals surface area contributed by atoms with Crippen LogP contribution in [0.2, 0.25) is 0 Å². The molecule has 2 rings (SSSR count). The second-order valence-electron chi connectivity index (χ2n) is 5.18. The van der Waals surface area contributed by atoms with Gasteiger partial charge in [-0.2, -0.15) is 0 Å². The fourth-order valence-corrected chi connectivity index (χ4v) is 2.04. The highest BCUT2D eigenvalue weighted by molar-refractivity contribution is 5.98. The number of aryl methyl sites for hydroxylation is 1. The number of rotatable bonds is 4. The van der Waals surface area contributed by atoms with E-state index >= 15 is 0 Å². The molecule has 0 unspecified atom stereocenters. The first kappa shape index (κ1) is 14.3. The molecule has 1 aromatic carbocycles. The van der Waals surface area contributed by atoms with Crippen molar-refractivity contribution in [1.29, 1.82) is 0 Å². The smallest absolute Gasteiger partial charge is 0.337 e. The number of cyclic esters (lactones) is 1. The Morgan fingerprint density at radius 1 is 1.15 bits per heavy atom. The number of hydrogen-bond donors (Lipinski definition) is 0. The van der Waals surface area contributed by atoms with Crippen LogP contribution in [0.25, 0.3) is 0 Å². The van der Waals surface area contributed by atoms with Gasteiger partial charge in [-0.25, -0.2) is 4.79 Å². The van der Waals surface area contributed by atoms with Crippen molar-refractivity contribution in [3.8, 4) is 0 Å². The summed E-state index contributed by atoms with van der Waals surface area (Å²) in [5.74, 6) is -1.24. The van der Waals surface area contributed by atoms with E-state index in [2.05, 4.69) is 6.92 Å². The van der Waals surface area contributed by atoms with Crippen LogP contribution in [0.3, 0.4) is 0 Å². The van der Waals surface area contributed by atoms with Crippen molar-refractivity contribution in [3.63, 3.8) is 0 Å². The molecule has 0 saturated heterocycles. The summed E-state index contributed by atoms with van der Waals surface area (Å²) in [4.78, 5) is 23.6. The standard InChI is InChI=1S/C16H18O4/c1-4-11-5-7-12(8-6-11)14(17)9-13-10-15(18)20-16(2,3)19-13/h5-8,10H,4,9H2,1-3H3. The van der Waals surface area contributed by atoms with E-state index in [1.807, 2.05) is 12.1 Å². The van der Waals surface area contributed by atoms with Gasteiger partial charge in [-0.3, -0.25) is 4.79 Å². The number of esters is 1. The zero-order valence-corrected chi connectivity index (χ0v) is 11.9. The van der Waals surface area contributed by atoms with Gasteiger partial charge in [0.25, 0.3) is 0 Å². The van der Waals surface area contributed by atoms with Crippen molar-refractivity contribution < 1.29 is 19.1 Å². The highest BCUT2D eigenvalue weighted by Gasteiger charge is 2.30. The Hall–Kier alpha value is -2.10. The zero-order chi connectivity index (χ0) is 14.8. The predicted octanol–water partition coefficient (Wildman–Crippen LogP) is 3.02. The summed E-state index contributed by atoms with van der Waals surface area (Å²) in [5.41, 5.74) is 1.79. The van der Waals surface area contributed by atoms with Crippen molar-refractivity contribution >= 4 is 11.8 Å². The minimum Gasteiger partial charge on any atom is -0.456 e. The molecule has 4 nitrogen and oxygen atoms in total. The first-order chi connectivity index (χ1) is 9.39. The summed E-state index contributed by atoms with van der Waals surface area (Å²) in [6, 6.07) is 7.46. The van der Waals surface area contributed by atoms with Crippen LogP contribution < -0.4 is 0 Å². The summed E-state index contributed by atoms with van der Waals surface area (Å²) in [6.45, 7) is 5.34. The number of allylic oxidation sites excluding steroid dienone is 1. The Morgan fingerprint density at radius 3 is 2.35 bits per heavy atom. The van der Waals surface area contributed by atoms with E-state index in [-0.39, 0.29) is 12.2 Å². The van der Waals surface area contributed by atoms with Crippen molar-refractivity contribution in [2.45, 2.75) is 39.4 Å². The van der Waals surface area contributed by atoms with Crippen LogP contribution in [-0.2, 0) is 20.7 Å². The Balaban J connectivity index is 2.09. The predicted molar refractivity (Wildman–Crippen MR) is 74.1 cm³/mol. The van der Waals surface area contributed by atoms with Gasteiger partial charge in [0.05, 0.1) is 12.5 Å². The normalized spacial score (nSPS) is 16.9. The molecule has 0 saturated carbocycles. The molecule has 0 radical (unpaired) electrons. The van der Waals surface area contributed by atoms with Gasteiger partial charge in [0, 0.05) is 19.4 Å². The molecule has 0 N–H and O–H groups in total. The van der Waals surface area contributed by atoms with Crippen LogP contribution in [0.5, 0.6) is 0 Å². The van der Waals surface area contributed by atoms with Crippen molar-refractivity contribution in [2.75, 3.05) is 0 Å². The van der Waals surface area contributed by atoms with Crippen molar-refractivity contribution in [2.24, 2.45) is 0 Å². The molecule has 4 heteroatoms. The summed E-state index contributed by atoms with van der Waals surface area (Å²) < 4.78 is 10.5. The molecule has 1 aliphatic rings. The molecule has 20 heavy (non-hydrogen) atoms. The quantitative estimate of drug-likeness (QED) is 0.625. The summed E-state index contributed by atoms with van der Waals surface area (Å²) in [6.07, 6.45) is 2.22. The van der Waals surface area contributed by atoms with Gasteiger partial charge in [0.15, 0.2) is 5.78 Å². The highest BCUT2D eigenvalue weighted by atomic mass is 16.7. The SMILES string of the molecule is CCc1ccc(C(=O)CC2=CC(=O)OC(C)(C)O2)cc1. The molecule has 1 aliphatic heterocycles. The van der Waals surface area contributed by atoms with Crippen LogP contribution in [0.15, 0.2) is 36.1 Å². The topological polar surface area (TPSA) is 52.6 Å². The van der Waals surface area contributed by atoms with Crippen LogP contribution in [0.4, 0.5) is 0 Å². The van der Waals surface area contributed by atoms with Gasteiger partial charge < -0.3 is 9.47 Å². The van der Waals surface area contributed by atoms with Gasteiger partial charge >= 0.3 is 5.97 Å². The number of carbonyl (C=O) groups excluding carboxylic acids is 2. The maximum atomic E-state index is 12.2. The summed E-state index contributed by atoms with van der Waals surface area (Å²) >= 11 is 0. The van der Waals surface area contributed by atoms with Crippen molar-refractivity contribution in [3.05, 3.63) is 47.2 Å². The third-order valence-corrected chi connectivity index (χ3v) is 3.02. The van der Waals surface area contributed by atoms with Crippen LogP contribution >= 0.6 is 0 Å². The first-order valence-electron chi connectivity index (χ1n) is 6.64. The highest BCUT2D eigenvalue weighted by Crippen LogP contribution is 2.24. The van der Waals surface area contributed by atoms with Crippen LogP contribution in [0.1, 0.15) is 43.1 Å². The third kappa shape index (κ3) is 3.47.